The number of carbonyl (C=O) groups is 1. The molecule has 0 aromatic carbocycles. The van der Waals surface area contributed by atoms with E-state index >= 15 is 0 Å². The lowest BCUT2D eigenvalue weighted by atomic mass is 9.89. The van der Waals surface area contributed by atoms with Crippen LogP contribution < -0.4 is 10.0 Å². The zero-order valence-electron chi connectivity index (χ0n) is 17.9. The number of carbonyl (C=O) groups excluding carboxylic acids is 1. The van der Waals surface area contributed by atoms with Crippen molar-refractivity contribution in [1.82, 2.24) is 25.3 Å². The molecule has 1 amide bonds. The summed E-state index contributed by atoms with van der Waals surface area (Å²) in [6.45, 7) is 0. The van der Waals surface area contributed by atoms with Gasteiger partial charge in [-0.25, -0.2) is 23.4 Å². The van der Waals surface area contributed by atoms with Crippen LogP contribution in [-0.2, 0) is 15.6 Å². The molecule has 3 aromatic heterocycles. The maximum Gasteiger partial charge on any atom is 0.281 e. The third-order valence-corrected chi connectivity index (χ3v) is 9.79. The van der Waals surface area contributed by atoms with E-state index in [0.717, 1.165) is 29.7 Å². The topological polar surface area (TPSA) is 127 Å². The van der Waals surface area contributed by atoms with Crippen molar-refractivity contribution in [3.05, 3.63) is 52.8 Å². The van der Waals surface area contributed by atoms with E-state index < -0.39 is 15.6 Å². The quantitative estimate of drug-likeness (QED) is 0.491. The van der Waals surface area contributed by atoms with Crippen LogP contribution in [0, 0.1) is 11.8 Å². The average Bonchev–Trinajstić information content (AvgIpc) is 3.71. The highest BCUT2D eigenvalue weighted by Gasteiger charge is 2.56. The fourth-order valence-electron chi connectivity index (χ4n) is 4.78. The molecule has 3 fully saturated rings. The molecule has 3 aliphatic carbocycles. The van der Waals surface area contributed by atoms with Gasteiger partial charge in [-0.05, 0) is 50.0 Å². The van der Waals surface area contributed by atoms with Crippen molar-refractivity contribution < 1.29 is 13.2 Å². The van der Waals surface area contributed by atoms with Crippen LogP contribution in [-0.4, -0.2) is 39.5 Å². The maximum absolute atomic E-state index is 13.3. The van der Waals surface area contributed by atoms with E-state index in [1.165, 1.54) is 17.7 Å². The van der Waals surface area contributed by atoms with Crippen LogP contribution in [0.3, 0.4) is 0 Å². The molecule has 3 heterocycles. The van der Waals surface area contributed by atoms with Crippen LogP contribution in [0.1, 0.15) is 47.6 Å². The number of halogens is 1. The van der Waals surface area contributed by atoms with Gasteiger partial charge in [0, 0.05) is 30.2 Å². The van der Waals surface area contributed by atoms with E-state index in [0.29, 0.717) is 40.4 Å². The average molecular weight is 517 g/mol. The lowest BCUT2D eigenvalue weighted by Crippen LogP contribution is -2.45. The van der Waals surface area contributed by atoms with E-state index in [1.807, 2.05) is 0 Å². The molecule has 12 heteroatoms. The Bertz CT molecular complexity index is 1380. The van der Waals surface area contributed by atoms with Gasteiger partial charge in [0.05, 0.1) is 26.4 Å². The van der Waals surface area contributed by atoms with E-state index in [9.17, 15) is 13.2 Å². The minimum Gasteiger partial charge on any atom is -0.339 e. The number of sulfonamides is 1. The Labute approximate surface area is 205 Å². The molecular formula is C22H21ClN6O3S2. The first kappa shape index (κ1) is 21.9. The van der Waals surface area contributed by atoms with Crippen LogP contribution in [0.2, 0.25) is 5.02 Å². The van der Waals surface area contributed by atoms with Gasteiger partial charge in [-0.3, -0.25) is 14.5 Å². The molecule has 34 heavy (non-hydrogen) atoms. The third kappa shape index (κ3) is 4.16. The second kappa shape index (κ2) is 7.96. The van der Waals surface area contributed by atoms with Gasteiger partial charge in [0.15, 0.2) is 5.01 Å². The first-order chi connectivity index (χ1) is 16.3. The highest BCUT2D eigenvalue weighted by molar-refractivity contribution is 7.93. The Balaban J connectivity index is 1.26. The van der Waals surface area contributed by atoms with Gasteiger partial charge in [0.25, 0.3) is 5.91 Å². The highest BCUT2D eigenvalue weighted by Crippen LogP contribution is 2.59. The fraction of sp³-hybridized carbons (Fsp3) is 0.409. The summed E-state index contributed by atoms with van der Waals surface area (Å²) in [6, 6.07) is 3.43. The molecule has 0 aliphatic heterocycles. The molecule has 2 unspecified atom stereocenters. The van der Waals surface area contributed by atoms with Gasteiger partial charge < -0.3 is 5.32 Å². The summed E-state index contributed by atoms with van der Waals surface area (Å²) in [7, 11) is -3.45. The number of anilines is 1. The minimum atomic E-state index is -3.45. The van der Waals surface area contributed by atoms with Crippen molar-refractivity contribution in [1.29, 1.82) is 0 Å². The molecule has 0 spiro atoms. The normalized spacial score (nSPS) is 25.6. The molecule has 2 N–H and O–H groups in total. The molecule has 0 bridgehead atoms. The van der Waals surface area contributed by atoms with Crippen LogP contribution in [0.15, 0.2) is 37.1 Å². The molecule has 3 saturated carbocycles. The molecule has 0 radical (unpaired) electrons. The summed E-state index contributed by atoms with van der Waals surface area (Å²) in [4.78, 5) is 31.0. The van der Waals surface area contributed by atoms with Crippen LogP contribution in [0.25, 0.3) is 10.4 Å². The summed E-state index contributed by atoms with van der Waals surface area (Å²) in [6.07, 6.45) is 10.2. The SMILES string of the molecule is O=C(NC1(c2cc(NS(=O)(=O)C3CC3)ncn2)CC2CC2C1)c1ncc(-c2cncc(Cl)c2)s1. The van der Waals surface area contributed by atoms with Crippen LogP contribution in [0.4, 0.5) is 5.82 Å². The largest absolute Gasteiger partial charge is 0.339 e. The smallest absolute Gasteiger partial charge is 0.281 e. The fourth-order valence-corrected chi connectivity index (χ4v) is 7.07. The third-order valence-electron chi connectivity index (χ3n) is 6.70. The monoisotopic (exact) mass is 516 g/mol. The first-order valence-electron chi connectivity index (χ1n) is 11.0. The number of thiazole rings is 1. The van der Waals surface area contributed by atoms with Gasteiger partial charge >= 0.3 is 0 Å². The summed E-state index contributed by atoms with van der Waals surface area (Å²) < 4.78 is 27.3. The van der Waals surface area contributed by atoms with Crippen molar-refractivity contribution in [3.63, 3.8) is 0 Å². The second-order valence-corrected chi connectivity index (χ2v) is 12.7. The molecule has 6 rings (SSSR count). The molecular weight excluding hydrogens is 496 g/mol. The molecule has 2 atom stereocenters. The second-order valence-electron chi connectivity index (χ2n) is 9.26. The number of hydrogen-bond donors (Lipinski definition) is 2. The maximum atomic E-state index is 13.3. The lowest BCUT2D eigenvalue weighted by Gasteiger charge is -2.31. The van der Waals surface area contributed by atoms with Gasteiger partial charge in [0.1, 0.15) is 12.1 Å². The van der Waals surface area contributed by atoms with Gasteiger partial charge in [-0.2, -0.15) is 0 Å². The molecule has 3 aliphatic rings. The Morgan fingerprint density at radius 1 is 1.09 bits per heavy atom. The Hall–Kier alpha value is -2.63. The number of aromatic nitrogens is 4. The van der Waals surface area contributed by atoms with Crippen molar-refractivity contribution in [2.24, 2.45) is 11.8 Å². The van der Waals surface area contributed by atoms with Crippen molar-refractivity contribution >= 4 is 44.7 Å². The number of pyridine rings is 1. The summed E-state index contributed by atoms with van der Waals surface area (Å²) in [5, 5.41) is 3.68. The van der Waals surface area contributed by atoms with Crippen LogP contribution >= 0.6 is 22.9 Å². The Morgan fingerprint density at radius 3 is 2.62 bits per heavy atom. The lowest BCUT2D eigenvalue weighted by molar-refractivity contribution is 0.0888. The predicted molar refractivity (Wildman–Crippen MR) is 128 cm³/mol. The van der Waals surface area contributed by atoms with Crippen molar-refractivity contribution in [2.45, 2.75) is 42.9 Å². The van der Waals surface area contributed by atoms with Crippen molar-refractivity contribution in [3.8, 4) is 10.4 Å². The first-order valence-corrected chi connectivity index (χ1v) is 13.8. The molecule has 9 nitrogen and oxygen atoms in total. The van der Waals surface area contributed by atoms with E-state index in [-0.39, 0.29) is 17.0 Å². The number of amides is 1. The molecule has 3 aromatic rings. The number of rotatable bonds is 7. The minimum absolute atomic E-state index is 0.232. The number of nitrogens with one attached hydrogen (secondary N) is 2. The van der Waals surface area contributed by atoms with E-state index in [2.05, 4.69) is 30.0 Å². The van der Waals surface area contributed by atoms with Crippen LogP contribution in [0.5, 0.6) is 0 Å². The zero-order valence-corrected chi connectivity index (χ0v) is 20.3. The molecule has 0 saturated heterocycles. The number of fused-ring (bicyclic) bond motifs is 1. The van der Waals surface area contributed by atoms with Gasteiger partial charge in [-0.15, -0.1) is 11.3 Å². The molecule has 176 valence electrons. The highest BCUT2D eigenvalue weighted by atomic mass is 35.5. The van der Waals surface area contributed by atoms with Crippen molar-refractivity contribution in [2.75, 3.05) is 4.72 Å². The van der Waals surface area contributed by atoms with Gasteiger partial charge in [-0.1, -0.05) is 11.6 Å². The number of hydrogen-bond acceptors (Lipinski definition) is 8. The summed E-state index contributed by atoms with van der Waals surface area (Å²) >= 11 is 7.31. The summed E-state index contributed by atoms with van der Waals surface area (Å²) in [5.74, 6) is 1.01. The Kier molecular flexibility index (Phi) is 5.12. The number of nitrogens with zero attached hydrogens (tertiary/aromatic N) is 4. The standard InChI is InChI=1S/C22H21ClN6O3S2/c23-15-4-14(8-24-9-15)17-10-25-21(33-17)20(30)28-22(6-12-3-13(12)7-22)18-5-19(27-11-26-18)29-34(31,32)16-1-2-16/h4-5,8-13,16H,1-3,6-7H2,(H,28,30)(H,26,27,29). The van der Waals surface area contributed by atoms with E-state index in [1.54, 1.807) is 30.7 Å². The van der Waals surface area contributed by atoms with E-state index in [4.69, 9.17) is 11.6 Å². The summed E-state index contributed by atoms with van der Waals surface area (Å²) in [5.41, 5.74) is 0.730. The predicted octanol–water partition coefficient (Wildman–Crippen LogP) is 3.61. The van der Waals surface area contributed by atoms with Gasteiger partial charge in [0.2, 0.25) is 10.0 Å². The zero-order chi connectivity index (χ0) is 23.5. The Morgan fingerprint density at radius 2 is 1.88 bits per heavy atom.